The molecule has 0 N–H and O–H groups in total. The van der Waals surface area contributed by atoms with E-state index in [-0.39, 0.29) is 11.2 Å². The van der Waals surface area contributed by atoms with Crippen molar-refractivity contribution in [3.05, 3.63) is 28.2 Å². The van der Waals surface area contributed by atoms with Crippen molar-refractivity contribution in [2.24, 2.45) is 0 Å². The summed E-state index contributed by atoms with van der Waals surface area (Å²) in [6.07, 6.45) is 2.25. The van der Waals surface area contributed by atoms with Crippen molar-refractivity contribution in [1.82, 2.24) is 9.55 Å². The molecule has 17 heavy (non-hydrogen) atoms. The molecule has 3 rings (SSSR count). The average molecular weight is 318 g/mol. The Hall–Kier alpha value is -0.610. The highest BCUT2D eigenvalue weighted by molar-refractivity contribution is 9.10. The molecule has 1 aliphatic rings. The Kier molecular flexibility index (Phi) is 2.67. The van der Waals surface area contributed by atoms with Gasteiger partial charge in [0.15, 0.2) is 0 Å². The van der Waals surface area contributed by atoms with Crippen molar-refractivity contribution in [1.29, 1.82) is 0 Å². The van der Waals surface area contributed by atoms with Gasteiger partial charge in [0.2, 0.25) is 0 Å². The molecule has 2 aromatic rings. The number of aromatic nitrogens is 2. The highest BCUT2D eigenvalue weighted by atomic mass is 79.9. The fourth-order valence-corrected chi connectivity index (χ4v) is 2.59. The minimum Gasteiger partial charge on any atom is -0.324 e. The number of halogens is 3. The van der Waals surface area contributed by atoms with Crippen LogP contribution >= 0.6 is 27.5 Å². The van der Waals surface area contributed by atoms with E-state index in [0.29, 0.717) is 10.5 Å². The van der Waals surface area contributed by atoms with Gasteiger partial charge in [-0.2, -0.15) is 0 Å². The molecule has 1 atom stereocenters. The standard InChI is InChI=1S/C12H11BrClFN2/c1-6(14)12-16-10-4-8(13)9(15)5-11(10)17(12)7-2-3-7/h4-7H,2-3H2,1H3. The number of fused-ring (bicyclic) bond motifs is 1. The molecule has 1 fully saturated rings. The van der Waals surface area contributed by atoms with Gasteiger partial charge >= 0.3 is 0 Å². The third-order valence-corrected chi connectivity index (χ3v) is 3.83. The van der Waals surface area contributed by atoms with Gasteiger partial charge in [-0.25, -0.2) is 9.37 Å². The first-order chi connectivity index (χ1) is 8.08. The molecule has 0 saturated heterocycles. The minimum atomic E-state index is -0.256. The maximum absolute atomic E-state index is 13.6. The summed E-state index contributed by atoms with van der Waals surface area (Å²) in [7, 11) is 0. The van der Waals surface area contributed by atoms with E-state index in [1.165, 1.54) is 6.07 Å². The summed E-state index contributed by atoms with van der Waals surface area (Å²) >= 11 is 9.32. The van der Waals surface area contributed by atoms with Gasteiger partial charge in [-0.1, -0.05) is 0 Å². The van der Waals surface area contributed by atoms with Crippen LogP contribution in [0.3, 0.4) is 0 Å². The number of hydrogen-bond acceptors (Lipinski definition) is 1. The second kappa shape index (κ2) is 3.95. The van der Waals surface area contributed by atoms with E-state index in [1.807, 2.05) is 6.92 Å². The number of nitrogens with zero attached hydrogens (tertiary/aromatic N) is 2. The van der Waals surface area contributed by atoms with Gasteiger partial charge in [0.25, 0.3) is 0 Å². The monoisotopic (exact) mass is 316 g/mol. The number of benzene rings is 1. The largest absolute Gasteiger partial charge is 0.324 e. The maximum atomic E-state index is 13.6. The van der Waals surface area contributed by atoms with Gasteiger partial charge in [-0.05, 0) is 41.8 Å². The fraction of sp³-hybridized carbons (Fsp3) is 0.417. The second-order valence-electron chi connectivity index (χ2n) is 4.44. The molecule has 5 heteroatoms. The summed E-state index contributed by atoms with van der Waals surface area (Å²) in [5.74, 6) is 0.578. The van der Waals surface area contributed by atoms with E-state index >= 15 is 0 Å². The number of hydrogen-bond donors (Lipinski definition) is 0. The highest BCUT2D eigenvalue weighted by Gasteiger charge is 2.29. The van der Waals surface area contributed by atoms with Crippen molar-refractivity contribution in [2.45, 2.75) is 31.2 Å². The molecule has 1 aromatic heterocycles. The first-order valence-electron chi connectivity index (χ1n) is 5.59. The summed E-state index contributed by atoms with van der Waals surface area (Å²) in [4.78, 5) is 4.51. The van der Waals surface area contributed by atoms with Crippen molar-refractivity contribution >= 4 is 38.6 Å². The van der Waals surface area contributed by atoms with Crippen LogP contribution in [-0.4, -0.2) is 9.55 Å². The Bertz CT molecular complexity index is 590. The van der Waals surface area contributed by atoms with Gasteiger partial charge < -0.3 is 4.57 Å². The molecule has 90 valence electrons. The van der Waals surface area contributed by atoms with Crippen LogP contribution in [0.25, 0.3) is 11.0 Å². The van der Waals surface area contributed by atoms with Crippen LogP contribution in [-0.2, 0) is 0 Å². The van der Waals surface area contributed by atoms with Gasteiger partial charge in [0.1, 0.15) is 11.6 Å². The van der Waals surface area contributed by atoms with Crippen LogP contribution in [0.2, 0.25) is 0 Å². The molecule has 0 aliphatic heterocycles. The Morgan fingerprint density at radius 3 is 2.82 bits per heavy atom. The van der Waals surface area contributed by atoms with Crippen LogP contribution in [0, 0.1) is 5.82 Å². The van der Waals surface area contributed by atoms with Crippen LogP contribution < -0.4 is 0 Å². The first kappa shape index (κ1) is 11.5. The summed E-state index contributed by atoms with van der Waals surface area (Å²) < 4.78 is 16.1. The lowest BCUT2D eigenvalue weighted by atomic mass is 10.3. The van der Waals surface area contributed by atoms with Crippen molar-refractivity contribution in [3.8, 4) is 0 Å². The van der Waals surface area contributed by atoms with E-state index in [2.05, 4.69) is 25.5 Å². The molecular weight excluding hydrogens is 307 g/mol. The predicted molar refractivity (Wildman–Crippen MR) is 69.9 cm³/mol. The summed E-state index contributed by atoms with van der Waals surface area (Å²) in [6.45, 7) is 1.90. The van der Waals surface area contributed by atoms with E-state index in [9.17, 15) is 4.39 Å². The zero-order valence-electron chi connectivity index (χ0n) is 9.25. The van der Waals surface area contributed by atoms with Gasteiger partial charge in [-0.15, -0.1) is 11.6 Å². The molecule has 0 amide bonds. The average Bonchev–Trinajstić information content (AvgIpc) is 3.02. The molecule has 1 unspecified atom stereocenters. The molecule has 1 saturated carbocycles. The summed E-state index contributed by atoms with van der Waals surface area (Å²) in [5, 5.41) is -0.162. The zero-order chi connectivity index (χ0) is 12.2. The minimum absolute atomic E-state index is 0.162. The Labute approximate surface area is 112 Å². The van der Waals surface area contributed by atoms with Gasteiger partial charge in [0.05, 0.1) is 20.9 Å². The Morgan fingerprint density at radius 1 is 1.53 bits per heavy atom. The Balaban J connectivity index is 2.31. The van der Waals surface area contributed by atoms with Crippen molar-refractivity contribution in [3.63, 3.8) is 0 Å². The SMILES string of the molecule is CC(Cl)c1nc2cc(Br)c(F)cc2n1C1CC1. The smallest absolute Gasteiger partial charge is 0.139 e. The fourth-order valence-electron chi connectivity index (χ4n) is 2.11. The van der Waals surface area contributed by atoms with Gasteiger partial charge in [-0.3, -0.25) is 0 Å². The van der Waals surface area contributed by atoms with E-state index in [1.54, 1.807) is 6.07 Å². The Morgan fingerprint density at radius 2 is 2.24 bits per heavy atom. The topological polar surface area (TPSA) is 17.8 Å². The van der Waals surface area contributed by atoms with Crippen LogP contribution in [0.1, 0.15) is 37.0 Å². The first-order valence-corrected chi connectivity index (χ1v) is 6.82. The maximum Gasteiger partial charge on any atom is 0.139 e. The normalized spacial score (nSPS) is 17.6. The van der Waals surface area contributed by atoms with Crippen molar-refractivity contribution < 1.29 is 4.39 Å². The lowest BCUT2D eigenvalue weighted by Gasteiger charge is -2.08. The number of alkyl halides is 1. The van der Waals surface area contributed by atoms with E-state index < -0.39 is 0 Å². The lowest BCUT2D eigenvalue weighted by Crippen LogP contribution is -2.02. The summed E-state index contributed by atoms with van der Waals surface area (Å²) in [5.41, 5.74) is 1.64. The molecule has 0 radical (unpaired) electrons. The second-order valence-corrected chi connectivity index (χ2v) is 5.95. The van der Waals surface area contributed by atoms with Gasteiger partial charge in [0, 0.05) is 12.1 Å². The predicted octanol–water partition coefficient (Wildman–Crippen LogP) is 4.57. The van der Waals surface area contributed by atoms with Crippen LogP contribution in [0.4, 0.5) is 4.39 Å². The zero-order valence-corrected chi connectivity index (χ0v) is 11.6. The number of rotatable bonds is 2. The molecule has 1 heterocycles. The lowest BCUT2D eigenvalue weighted by molar-refractivity contribution is 0.620. The third kappa shape index (κ3) is 1.87. The molecule has 2 nitrogen and oxygen atoms in total. The molecule has 1 aliphatic carbocycles. The number of imidazole rings is 1. The molecule has 0 bridgehead atoms. The van der Waals surface area contributed by atoms with E-state index in [4.69, 9.17) is 11.6 Å². The summed E-state index contributed by atoms with van der Waals surface area (Å²) in [6, 6.07) is 3.69. The third-order valence-electron chi connectivity index (χ3n) is 3.03. The van der Waals surface area contributed by atoms with Crippen molar-refractivity contribution in [2.75, 3.05) is 0 Å². The quantitative estimate of drug-likeness (QED) is 0.742. The molecule has 1 aromatic carbocycles. The molecule has 0 spiro atoms. The van der Waals surface area contributed by atoms with Crippen LogP contribution in [0.15, 0.2) is 16.6 Å². The molecular formula is C12H11BrClFN2. The van der Waals surface area contributed by atoms with Crippen LogP contribution in [0.5, 0.6) is 0 Å². The van der Waals surface area contributed by atoms with E-state index in [0.717, 1.165) is 29.7 Å². The highest BCUT2D eigenvalue weighted by Crippen LogP contribution is 2.41.